The van der Waals surface area contributed by atoms with E-state index in [-0.39, 0.29) is 11.8 Å². The van der Waals surface area contributed by atoms with Gasteiger partial charge in [0.1, 0.15) is 11.7 Å². The normalized spacial score (nSPS) is 18.0. The van der Waals surface area contributed by atoms with Crippen LogP contribution >= 0.6 is 0 Å². The molecule has 0 saturated carbocycles. The Kier molecular flexibility index (Phi) is 3.99. The van der Waals surface area contributed by atoms with Crippen molar-refractivity contribution in [1.29, 1.82) is 0 Å². The van der Waals surface area contributed by atoms with E-state index in [9.17, 15) is 9.59 Å². The predicted octanol–water partition coefficient (Wildman–Crippen LogP) is 3.51. The highest BCUT2D eigenvalue weighted by Gasteiger charge is 2.31. The Morgan fingerprint density at radius 2 is 2.08 bits per heavy atom. The molecule has 128 valence electrons. The van der Waals surface area contributed by atoms with Gasteiger partial charge >= 0.3 is 0 Å². The van der Waals surface area contributed by atoms with Crippen LogP contribution in [-0.4, -0.2) is 21.4 Å². The lowest BCUT2D eigenvalue weighted by atomic mass is 10.0. The molecule has 4 rings (SSSR count). The molecule has 1 saturated heterocycles. The maximum Gasteiger partial charge on any atom is 0.249 e. The average Bonchev–Trinajstić information content (AvgIpc) is 2.95. The molecule has 0 spiro atoms. The summed E-state index contributed by atoms with van der Waals surface area (Å²) in [5.41, 5.74) is 3.11. The van der Waals surface area contributed by atoms with E-state index in [0.717, 1.165) is 41.2 Å². The molecule has 3 aromatic rings. The number of rotatable bonds is 4. The van der Waals surface area contributed by atoms with Crippen LogP contribution in [0.5, 0.6) is 0 Å². The molecule has 0 aliphatic carbocycles. The van der Waals surface area contributed by atoms with Crippen molar-refractivity contribution in [3.63, 3.8) is 0 Å². The first kappa shape index (κ1) is 15.8. The van der Waals surface area contributed by atoms with Crippen LogP contribution in [0.25, 0.3) is 21.9 Å². The number of unbranched alkanes of at least 4 members (excludes halogenated alkanes) is 1. The topological polar surface area (TPSA) is 64.0 Å². The van der Waals surface area contributed by atoms with Gasteiger partial charge in [0, 0.05) is 23.4 Å². The Morgan fingerprint density at radius 1 is 1.24 bits per heavy atom. The number of aryl methyl sites for hydroxylation is 1. The van der Waals surface area contributed by atoms with Crippen molar-refractivity contribution in [3.8, 4) is 0 Å². The van der Waals surface area contributed by atoms with Gasteiger partial charge in [-0.1, -0.05) is 31.5 Å². The summed E-state index contributed by atoms with van der Waals surface area (Å²) in [7, 11) is 0. The number of nitrogens with zero attached hydrogens (tertiary/aromatic N) is 2. The molecule has 0 radical (unpaired) electrons. The maximum absolute atomic E-state index is 12.5. The van der Waals surface area contributed by atoms with Crippen LogP contribution in [0.1, 0.15) is 44.2 Å². The number of amides is 2. The molecule has 0 bridgehead atoms. The van der Waals surface area contributed by atoms with Crippen LogP contribution in [-0.2, 0) is 16.0 Å². The fourth-order valence-corrected chi connectivity index (χ4v) is 3.79. The van der Waals surface area contributed by atoms with Gasteiger partial charge < -0.3 is 4.57 Å². The van der Waals surface area contributed by atoms with E-state index in [1.807, 2.05) is 29.0 Å². The number of aromatic nitrogens is 2. The highest BCUT2D eigenvalue weighted by molar-refractivity contribution is 6.10. The number of pyridine rings is 1. The minimum absolute atomic E-state index is 0.196. The van der Waals surface area contributed by atoms with Gasteiger partial charge in [-0.2, -0.15) is 0 Å². The molecule has 25 heavy (non-hydrogen) atoms. The van der Waals surface area contributed by atoms with Gasteiger partial charge in [0.15, 0.2) is 0 Å². The van der Waals surface area contributed by atoms with Gasteiger partial charge in [-0.05, 0) is 37.0 Å². The van der Waals surface area contributed by atoms with Gasteiger partial charge in [-0.15, -0.1) is 0 Å². The van der Waals surface area contributed by atoms with Crippen molar-refractivity contribution >= 4 is 33.8 Å². The summed E-state index contributed by atoms with van der Waals surface area (Å²) < 4.78 is 2.02. The standard InChI is InChI=1S/C20H21N3O2/c1-2-3-6-13-11-12-21-19-18(13)14-7-4-5-8-15(14)23(19)16-9-10-17(24)22-20(16)25/h4-5,7-8,11-12,16H,2-3,6,9-10H2,1H3,(H,22,24,25). The number of imide groups is 1. The minimum atomic E-state index is -0.394. The fraction of sp³-hybridized carbons (Fsp3) is 0.350. The Bertz CT molecular complexity index is 974. The number of fused-ring (bicyclic) bond motifs is 3. The average molecular weight is 335 g/mol. The molecule has 1 unspecified atom stereocenters. The fourth-order valence-electron chi connectivity index (χ4n) is 3.79. The summed E-state index contributed by atoms with van der Waals surface area (Å²) in [6.45, 7) is 2.19. The van der Waals surface area contributed by atoms with Gasteiger partial charge in [0.05, 0.1) is 5.52 Å². The van der Waals surface area contributed by atoms with Gasteiger partial charge in [0.2, 0.25) is 11.8 Å². The number of hydrogen-bond donors (Lipinski definition) is 1. The van der Waals surface area contributed by atoms with Crippen LogP contribution in [0.3, 0.4) is 0 Å². The summed E-state index contributed by atoms with van der Waals surface area (Å²) in [4.78, 5) is 28.6. The maximum atomic E-state index is 12.5. The van der Waals surface area contributed by atoms with Crippen molar-refractivity contribution in [2.45, 2.75) is 45.1 Å². The van der Waals surface area contributed by atoms with E-state index in [4.69, 9.17) is 0 Å². The van der Waals surface area contributed by atoms with Crippen LogP contribution in [0.15, 0.2) is 36.5 Å². The van der Waals surface area contributed by atoms with Crippen LogP contribution in [0, 0.1) is 0 Å². The quantitative estimate of drug-likeness (QED) is 0.742. The zero-order valence-corrected chi connectivity index (χ0v) is 14.3. The largest absolute Gasteiger partial charge is 0.313 e. The summed E-state index contributed by atoms with van der Waals surface area (Å²) in [6, 6.07) is 9.82. The first-order valence-corrected chi connectivity index (χ1v) is 8.91. The molecule has 2 amide bonds. The molecule has 3 heterocycles. The summed E-state index contributed by atoms with van der Waals surface area (Å²) >= 11 is 0. The lowest BCUT2D eigenvalue weighted by Gasteiger charge is -2.23. The first-order valence-electron chi connectivity index (χ1n) is 8.91. The van der Waals surface area contributed by atoms with E-state index >= 15 is 0 Å². The van der Waals surface area contributed by atoms with Crippen molar-refractivity contribution < 1.29 is 9.59 Å². The third-order valence-electron chi connectivity index (χ3n) is 5.00. The Labute approximate surface area is 146 Å². The van der Waals surface area contributed by atoms with E-state index < -0.39 is 6.04 Å². The second-order valence-corrected chi connectivity index (χ2v) is 6.63. The van der Waals surface area contributed by atoms with E-state index in [1.54, 1.807) is 0 Å². The molecule has 1 N–H and O–H groups in total. The number of para-hydroxylation sites is 1. The van der Waals surface area contributed by atoms with Crippen molar-refractivity contribution in [2.24, 2.45) is 0 Å². The third-order valence-corrected chi connectivity index (χ3v) is 5.00. The number of carbonyl (C=O) groups excluding carboxylic acids is 2. The van der Waals surface area contributed by atoms with Gasteiger partial charge in [-0.3, -0.25) is 14.9 Å². The molecular formula is C20H21N3O2. The second kappa shape index (κ2) is 6.31. The number of carbonyl (C=O) groups is 2. The highest BCUT2D eigenvalue weighted by atomic mass is 16.2. The predicted molar refractivity (Wildman–Crippen MR) is 97.3 cm³/mol. The Hall–Kier alpha value is -2.69. The molecule has 1 atom stereocenters. The van der Waals surface area contributed by atoms with Crippen LogP contribution < -0.4 is 5.32 Å². The SMILES string of the molecule is CCCCc1ccnc2c1c1ccccc1n2C1CCC(=O)NC1=O. The number of nitrogens with one attached hydrogen (secondary N) is 1. The minimum Gasteiger partial charge on any atom is -0.313 e. The molecule has 1 aliphatic rings. The second-order valence-electron chi connectivity index (χ2n) is 6.63. The van der Waals surface area contributed by atoms with E-state index in [2.05, 4.69) is 29.4 Å². The molecule has 1 fully saturated rings. The van der Waals surface area contributed by atoms with Crippen molar-refractivity contribution in [1.82, 2.24) is 14.9 Å². The van der Waals surface area contributed by atoms with Crippen molar-refractivity contribution in [3.05, 3.63) is 42.1 Å². The van der Waals surface area contributed by atoms with Crippen molar-refractivity contribution in [2.75, 3.05) is 0 Å². The molecule has 2 aromatic heterocycles. The zero-order chi connectivity index (χ0) is 17.4. The smallest absolute Gasteiger partial charge is 0.249 e. The molecule has 1 aliphatic heterocycles. The van der Waals surface area contributed by atoms with E-state index in [0.29, 0.717) is 12.8 Å². The van der Waals surface area contributed by atoms with Gasteiger partial charge in [-0.25, -0.2) is 4.98 Å². The molecular weight excluding hydrogens is 314 g/mol. The number of hydrogen-bond acceptors (Lipinski definition) is 3. The van der Waals surface area contributed by atoms with E-state index in [1.165, 1.54) is 5.56 Å². The summed E-state index contributed by atoms with van der Waals surface area (Å²) in [6.07, 6.45) is 5.96. The molecule has 1 aromatic carbocycles. The Morgan fingerprint density at radius 3 is 2.88 bits per heavy atom. The van der Waals surface area contributed by atoms with Crippen LogP contribution in [0.2, 0.25) is 0 Å². The molecule has 5 nitrogen and oxygen atoms in total. The van der Waals surface area contributed by atoms with Crippen LogP contribution in [0.4, 0.5) is 0 Å². The monoisotopic (exact) mass is 335 g/mol. The van der Waals surface area contributed by atoms with Gasteiger partial charge in [0.25, 0.3) is 0 Å². The first-order chi connectivity index (χ1) is 12.2. The highest BCUT2D eigenvalue weighted by Crippen LogP contribution is 2.35. The zero-order valence-electron chi connectivity index (χ0n) is 14.3. The summed E-state index contributed by atoms with van der Waals surface area (Å²) in [5.74, 6) is -0.432. The number of piperidine rings is 1. The third kappa shape index (κ3) is 2.60. The number of benzene rings is 1. The molecule has 5 heteroatoms. The lowest BCUT2D eigenvalue weighted by molar-refractivity contribution is -0.135. The summed E-state index contributed by atoms with van der Waals surface area (Å²) in [5, 5.41) is 4.73. The Balaban J connectivity index is 1.97. The lowest BCUT2D eigenvalue weighted by Crippen LogP contribution is -2.41.